The zero-order valence-electron chi connectivity index (χ0n) is 24.6. The first kappa shape index (κ1) is 28.4. The Morgan fingerprint density at radius 3 is 2.51 bits per heavy atom. The molecule has 1 aliphatic rings. The number of hydrogen-bond acceptors (Lipinski definition) is 6. The second-order valence-corrected chi connectivity index (χ2v) is 11.7. The average molecular weight is 592 g/mol. The lowest BCUT2D eigenvalue weighted by atomic mass is 9.95. The van der Waals surface area contributed by atoms with Crippen LogP contribution >= 0.6 is 11.3 Å². The lowest BCUT2D eigenvalue weighted by Crippen LogP contribution is -2.40. The standard InChI is InChI=1S/C35H33N3O4S/c1-5-41-34(40)31-23(4)36-35-38(32(31)27-16-10-12-18-29(27)42-22(2)3)33(39)30(43-35)19-25-21-37(20-24-13-7-6-8-14-24)28-17-11-9-15-26(25)28/h6-19,21-22,32H,5,20H2,1-4H3/b30-19-. The molecule has 218 valence electrons. The zero-order valence-corrected chi connectivity index (χ0v) is 25.4. The number of ether oxygens (including phenoxy) is 2. The van der Waals surface area contributed by atoms with Gasteiger partial charge in [0.05, 0.1) is 28.5 Å². The van der Waals surface area contributed by atoms with E-state index in [1.54, 1.807) is 18.4 Å². The number of aromatic nitrogens is 2. The summed E-state index contributed by atoms with van der Waals surface area (Å²) in [5.74, 6) is 0.115. The lowest BCUT2D eigenvalue weighted by Gasteiger charge is -2.26. The molecule has 6 rings (SSSR count). The van der Waals surface area contributed by atoms with E-state index in [9.17, 15) is 9.59 Å². The number of carbonyl (C=O) groups is 1. The van der Waals surface area contributed by atoms with Gasteiger partial charge in [0.1, 0.15) is 11.8 Å². The minimum Gasteiger partial charge on any atom is -0.491 e. The number of hydrogen-bond donors (Lipinski definition) is 0. The molecule has 2 aromatic heterocycles. The summed E-state index contributed by atoms with van der Waals surface area (Å²) < 4.78 is 16.0. The number of nitrogens with zero attached hydrogens (tertiary/aromatic N) is 3. The van der Waals surface area contributed by atoms with Gasteiger partial charge in [-0.1, -0.05) is 78.1 Å². The summed E-state index contributed by atoms with van der Waals surface area (Å²) in [6.07, 6.45) is 3.93. The highest BCUT2D eigenvalue weighted by molar-refractivity contribution is 7.07. The molecule has 0 aliphatic carbocycles. The van der Waals surface area contributed by atoms with E-state index >= 15 is 0 Å². The smallest absolute Gasteiger partial charge is 0.338 e. The van der Waals surface area contributed by atoms with Crippen molar-refractivity contribution < 1.29 is 14.3 Å². The molecule has 1 atom stereocenters. The number of thiazole rings is 1. The molecule has 0 saturated carbocycles. The van der Waals surface area contributed by atoms with Crippen molar-refractivity contribution in [2.24, 2.45) is 4.99 Å². The Morgan fingerprint density at radius 1 is 1.02 bits per heavy atom. The number of carbonyl (C=O) groups excluding carboxylic acids is 1. The number of benzene rings is 3. The highest BCUT2D eigenvalue weighted by atomic mass is 32.1. The largest absolute Gasteiger partial charge is 0.491 e. The van der Waals surface area contributed by atoms with E-state index in [-0.39, 0.29) is 18.3 Å². The number of allylic oxidation sites excluding steroid dienone is 1. The monoisotopic (exact) mass is 591 g/mol. The van der Waals surface area contributed by atoms with Crippen LogP contribution in [-0.4, -0.2) is 27.8 Å². The molecule has 43 heavy (non-hydrogen) atoms. The van der Waals surface area contributed by atoms with Gasteiger partial charge >= 0.3 is 5.97 Å². The van der Waals surface area contributed by atoms with Crippen LogP contribution in [0.3, 0.4) is 0 Å². The van der Waals surface area contributed by atoms with Crippen molar-refractivity contribution in [3.05, 3.63) is 133 Å². The number of rotatable bonds is 8. The van der Waals surface area contributed by atoms with Crippen molar-refractivity contribution in [1.29, 1.82) is 0 Å². The molecular formula is C35H33N3O4S. The van der Waals surface area contributed by atoms with Gasteiger partial charge in [0.2, 0.25) is 0 Å². The predicted octanol–water partition coefficient (Wildman–Crippen LogP) is 5.59. The Labute approximate surface area is 253 Å². The van der Waals surface area contributed by atoms with Gasteiger partial charge < -0.3 is 14.0 Å². The van der Waals surface area contributed by atoms with Gasteiger partial charge in [0.25, 0.3) is 5.56 Å². The molecular weight excluding hydrogens is 558 g/mol. The molecule has 1 aliphatic heterocycles. The summed E-state index contributed by atoms with van der Waals surface area (Å²) in [6.45, 7) is 8.38. The fraction of sp³-hybridized carbons (Fsp3) is 0.229. The minimum atomic E-state index is -0.744. The Balaban J connectivity index is 1.54. The van der Waals surface area contributed by atoms with Crippen LogP contribution in [0.4, 0.5) is 0 Å². The Kier molecular flexibility index (Phi) is 7.86. The zero-order chi connectivity index (χ0) is 30.1. The van der Waals surface area contributed by atoms with Crippen molar-refractivity contribution in [1.82, 2.24) is 9.13 Å². The van der Waals surface area contributed by atoms with Crippen molar-refractivity contribution in [2.75, 3.05) is 6.61 Å². The van der Waals surface area contributed by atoms with Gasteiger partial charge in [-0.3, -0.25) is 9.36 Å². The molecule has 0 fully saturated rings. The highest BCUT2D eigenvalue weighted by Gasteiger charge is 2.35. The van der Waals surface area contributed by atoms with Crippen LogP contribution in [0.5, 0.6) is 5.75 Å². The van der Waals surface area contributed by atoms with Crippen molar-refractivity contribution in [2.45, 2.75) is 46.4 Å². The van der Waals surface area contributed by atoms with Gasteiger partial charge in [-0.25, -0.2) is 9.79 Å². The van der Waals surface area contributed by atoms with E-state index in [1.807, 2.05) is 74.5 Å². The SMILES string of the molecule is CCOC(=O)C1=C(C)N=c2s/c(=C\c3cn(Cc4ccccc4)c4ccccc34)c(=O)n2C1c1ccccc1OC(C)C. The maximum absolute atomic E-state index is 14.3. The molecule has 0 bridgehead atoms. The van der Waals surface area contributed by atoms with E-state index in [2.05, 4.69) is 35.0 Å². The van der Waals surface area contributed by atoms with Gasteiger partial charge in [0, 0.05) is 34.8 Å². The van der Waals surface area contributed by atoms with Gasteiger partial charge in [-0.2, -0.15) is 0 Å². The summed E-state index contributed by atoms with van der Waals surface area (Å²) in [7, 11) is 0. The minimum absolute atomic E-state index is 0.0960. The molecule has 1 unspecified atom stereocenters. The second kappa shape index (κ2) is 11.9. The molecule has 0 saturated heterocycles. The first-order valence-electron chi connectivity index (χ1n) is 14.4. The summed E-state index contributed by atoms with van der Waals surface area (Å²) in [5.41, 5.74) is 4.57. The number of esters is 1. The molecule has 0 spiro atoms. The quantitative estimate of drug-likeness (QED) is 0.221. The second-order valence-electron chi connectivity index (χ2n) is 10.7. The fourth-order valence-corrected chi connectivity index (χ4v) is 6.63. The van der Waals surface area contributed by atoms with Crippen LogP contribution in [0.1, 0.15) is 50.4 Å². The van der Waals surface area contributed by atoms with E-state index in [0.717, 1.165) is 16.5 Å². The third kappa shape index (κ3) is 5.46. The van der Waals surface area contributed by atoms with Crippen LogP contribution in [0.25, 0.3) is 17.0 Å². The highest BCUT2D eigenvalue weighted by Crippen LogP contribution is 2.36. The molecule has 7 nitrogen and oxygen atoms in total. The van der Waals surface area contributed by atoms with Gasteiger partial charge in [-0.05, 0) is 51.5 Å². The Bertz CT molecular complexity index is 2030. The van der Waals surface area contributed by atoms with Crippen LogP contribution in [-0.2, 0) is 16.1 Å². The van der Waals surface area contributed by atoms with Gasteiger partial charge in [-0.15, -0.1) is 0 Å². The van der Waals surface area contributed by atoms with Crippen LogP contribution in [0, 0.1) is 0 Å². The fourth-order valence-electron chi connectivity index (χ4n) is 5.60. The first-order chi connectivity index (χ1) is 20.9. The van der Waals surface area contributed by atoms with E-state index in [4.69, 9.17) is 14.5 Å². The van der Waals surface area contributed by atoms with Crippen LogP contribution in [0.2, 0.25) is 0 Å². The summed E-state index contributed by atoms with van der Waals surface area (Å²) in [6, 6.07) is 25.3. The third-order valence-corrected chi connectivity index (χ3v) is 8.38. The van der Waals surface area contributed by atoms with E-state index in [1.165, 1.54) is 16.9 Å². The van der Waals surface area contributed by atoms with Gasteiger partial charge in [0.15, 0.2) is 4.80 Å². The summed E-state index contributed by atoms with van der Waals surface area (Å²) >= 11 is 1.32. The molecule has 5 aromatic rings. The molecule has 3 heterocycles. The van der Waals surface area contributed by atoms with Crippen LogP contribution < -0.4 is 19.6 Å². The summed E-state index contributed by atoms with van der Waals surface area (Å²) in [4.78, 5) is 32.9. The first-order valence-corrected chi connectivity index (χ1v) is 15.2. The number of para-hydroxylation sites is 2. The molecule has 3 aromatic carbocycles. The maximum Gasteiger partial charge on any atom is 0.338 e. The Hall–Kier alpha value is -4.69. The van der Waals surface area contributed by atoms with Crippen LogP contribution in [0.15, 0.2) is 106 Å². The maximum atomic E-state index is 14.3. The molecule has 8 heteroatoms. The normalized spacial score (nSPS) is 15.1. The van der Waals surface area contributed by atoms with Crippen molar-refractivity contribution >= 4 is 34.3 Å². The predicted molar refractivity (Wildman–Crippen MR) is 170 cm³/mol. The van der Waals surface area contributed by atoms with Crippen molar-refractivity contribution in [3.63, 3.8) is 0 Å². The van der Waals surface area contributed by atoms with E-state index < -0.39 is 12.0 Å². The third-order valence-electron chi connectivity index (χ3n) is 7.40. The molecule has 0 amide bonds. The topological polar surface area (TPSA) is 74.8 Å². The average Bonchev–Trinajstić information content (AvgIpc) is 3.49. The lowest BCUT2D eigenvalue weighted by molar-refractivity contribution is -0.139. The summed E-state index contributed by atoms with van der Waals surface area (Å²) in [5, 5.41) is 1.06. The van der Waals surface area contributed by atoms with Crippen molar-refractivity contribution in [3.8, 4) is 5.75 Å². The Morgan fingerprint density at radius 2 is 1.74 bits per heavy atom. The number of fused-ring (bicyclic) bond motifs is 2. The molecule has 0 radical (unpaired) electrons. The van der Waals surface area contributed by atoms with E-state index in [0.29, 0.717) is 38.5 Å². The molecule has 0 N–H and O–H groups in total.